The molecule has 0 bridgehead atoms. The van der Waals surface area contributed by atoms with E-state index in [2.05, 4.69) is 0 Å². The van der Waals surface area contributed by atoms with Crippen LogP contribution in [-0.4, -0.2) is 11.1 Å². The topological polar surface area (TPSA) is 49.3 Å². The van der Waals surface area contributed by atoms with E-state index in [9.17, 15) is 4.79 Å². The smallest absolute Gasteiger partial charge is 0.246 e. The average Bonchev–Trinajstić information content (AvgIpc) is 2.29. The maximum Gasteiger partial charge on any atom is 0.246 e. The van der Waals surface area contributed by atoms with Gasteiger partial charge < -0.3 is 0 Å². The molecule has 1 fully saturated rings. The van der Waals surface area contributed by atoms with Gasteiger partial charge in [0.25, 0.3) is 0 Å². The third kappa shape index (κ3) is 3.77. The zero-order valence-corrected chi connectivity index (χ0v) is 8.09. The van der Waals surface area contributed by atoms with Crippen LogP contribution in [0, 0.1) is 5.92 Å². The van der Waals surface area contributed by atoms with Gasteiger partial charge in [0.2, 0.25) is 5.91 Å². The number of amides is 1. The van der Waals surface area contributed by atoms with E-state index >= 15 is 0 Å². The number of carbonyl (C=O) groups excluding carboxylic acids is 1. The summed E-state index contributed by atoms with van der Waals surface area (Å²) in [4.78, 5) is 11.2. The van der Waals surface area contributed by atoms with Crippen molar-refractivity contribution in [2.24, 2.45) is 5.92 Å². The predicted molar refractivity (Wildman–Crippen MR) is 50.4 cm³/mol. The van der Waals surface area contributed by atoms with Gasteiger partial charge in [-0.1, -0.05) is 38.5 Å². The minimum atomic E-state index is -0.193. The van der Waals surface area contributed by atoms with Crippen LogP contribution in [0.15, 0.2) is 0 Å². The first-order valence-corrected chi connectivity index (χ1v) is 5.28. The van der Waals surface area contributed by atoms with Gasteiger partial charge in [0.1, 0.15) is 0 Å². The molecule has 0 spiro atoms. The van der Waals surface area contributed by atoms with Crippen LogP contribution in [-0.2, 0) is 4.79 Å². The van der Waals surface area contributed by atoms with E-state index < -0.39 is 0 Å². The molecule has 0 aromatic rings. The Morgan fingerprint density at radius 1 is 1.00 bits per heavy atom. The second-order valence-electron chi connectivity index (χ2n) is 3.87. The van der Waals surface area contributed by atoms with Crippen molar-refractivity contribution in [3.63, 3.8) is 0 Å². The summed E-state index contributed by atoms with van der Waals surface area (Å²) >= 11 is 0. The molecule has 1 rings (SSSR count). The second kappa shape index (κ2) is 5.97. The lowest BCUT2D eigenvalue weighted by atomic mass is 9.96. The van der Waals surface area contributed by atoms with Crippen molar-refractivity contribution in [1.29, 1.82) is 0 Å². The Morgan fingerprint density at radius 3 is 1.92 bits per heavy atom. The van der Waals surface area contributed by atoms with E-state index in [0.29, 0.717) is 0 Å². The lowest BCUT2D eigenvalue weighted by Crippen LogP contribution is -2.27. The molecular formula is C10H19NO2. The van der Waals surface area contributed by atoms with Crippen LogP contribution in [0.1, 0.15) is 51.4 Å². The standard InChI is InChI=1S/C10H19NO2/c12-10(11-13)9-7-5-3-1-2-4-6-8-9/h9,13H,1-8H2,(H,11,12). The third-order valence-corrected chi connectivity index (χ3v) is 2.84. The number of hydrogen-bond donors (Lipinski definition) is 2. The first-order chi connectivity index (χ1) is 6.34. The van der Waals surface area contributed by atoms with Crippen LogP contribution in [0.3, 0.4) is 0 Å². The molecule has 0 atom stereocenters. The van der Waals surface area contributed by atoms with Crippen molar-refractivity contribution in [2.75, 3.05) is 0 Å². The maximum atomic E-state index is 11.2. The summed E-state index contributed by atoms with van der Waals surface area (Å²) in [5.74, 6) is -0.148. The predicted octanol–water partition coefficient (Wildman–Crippen LogP) is 2.24. The third-order valence-electron chi connectivity index (χ3n) is 2.84. The molecule has 0 heterocycles. The summed E-state index contributed by atoms with van der Waals surface area (Å²) in [6, 6.07) is 0. The molecule has 0 aromatic heterocycles. The minimum Gasteiger partial charge on any atom is -0.289 e. The van der Waals surface area contributed by atoms with Gasteiger partial charge in [0, 0.05) is 5.92 Å². The molecule has 2 N–H and O–H groups in total. The van der Waals surface area contributed by atoms with Crippen molar-refractivity contribution in [2.45, 2.75) is 51.4 Å². The molecule has 13 heavy (non-hydrogen) atoms. The second-order valence-corrected chi connectivity index (χ2v) is 3.87. The zero-order chi connectivity index (χ0) is 9.52. The zero-order valence-electron chi connectivity index (χ0n) is 8.09. The largest absolute Gasteiger partial charge is 0.289 e. The number of hydroxylamine groups is 1. The van der Waals surface area contributed by atoms with E-state index in [1.165, 1.54) is 25.7 Å². The molecule has 0 aliphatic heterocycles. The van der Waals surface area contributed by atoms with Crippen LogP contribution in [0.4, 0.5) is 0 Å². The van der Waals surface area contributed by atoms with Crippen LogP contribution >= 0.6 is 0 Å². The van der Waals surface area contributed by atoms with Crippen LogP contribution in [0.2, 0.25) is 0 Å². The first kappa shape index (κ1) is 10.5. The lowest BCUT2D eigenvalue weighted by Gasteiger charge is -2.12. The molecule has 0 aromatic carbocycles. The summed E-state index contributed by atoms with van der Waals surface area (Å²) in [7, 11) is 0. The van der Waals surface area contributed by atoms with Gasteiger partial charge in [-0.3, -0.25) is 10.0 Å². The van der Waals surface area contributed by atoms with Gasteiger partial charge >= 0.3 is 0 Å². The van der Waals surface area contributed by atoms with Crippen molar-refractivity contribution in [3.8, 4) is 0 Å². The molecule has 76 valence electrons. The van der Waals surface area contributed by atoms with E-state index in [0.717, 1.165) is 25.7 Å². The highest BCUT2D eigenvalue weighted by Crippen LogP contribution is 2.21. The average molecular weight is 185 g/mol. The van der Waals surface area contributed by atoms with Crippen LogP contribution < -0.4 is 5.48 Å². The maximum absolute atomic E-state index is 11.2. The van der Waals surface area contributed by atoms with Crippen molar-refractivity contribution < 1.29 is 10.0 Å². The fourth-order valence-electron chi connectivity index (χ4n) is 1.99. The Morgan fingerprint density at radius 2 is 1.46 bits per heavy atom. The molecule has 0 radical (unpaired) electrons. The van der Waals surface area contributed by atoms with E-state index in [1.54, 1.807) is 5.48 Å². The Bertz CT molecular complexity index is 149. The molecular weight excluding hydrogens is 166 g/mol. The number of nitrogens with one attached hydrogen (secondary N) is 1. The fourth-order valence-corrected chi connectivity index (χ4v) is 1.99. The summed E-state index contributed by atoms with van der Waals surface area (Å²) in [6.07, 6.45) is 9.18. The van der Waals surface area contributed by atoms with Crippen molar-refractivity contribution >= 4 is 5.91 Å². The SMILES string of the molecule is O=C(NO)C1CCCCCCCC1. The molecule has 3 nitrogen and oxygen atoms in total. The summed E-state index contributed by atoms with van der Waals surface area (Å²) in [6.45, 7) is 0. The molecule has 1 amide bonds. The quantitative estimate of drug-likeness (QED) is 0.486. The van der Waals surface area contributed by atoms with Gasteiger partial charge in [0.05, 0.1) is 0 Å². The summed E-state index contributed by atoms with van der Waals surface area (Å²) in [5.41, 5.74) is 1.76. The molecule has 3 heteroatoms. The van der Waals surface area contributed by atoms with Crippen LogP contribution in [0.5, 0.6) is 0 Å². The van der Waals surface area contributed by atoms with E-state index in [4.69, 9.17) is 5.21 Å². The van der Waals surface area contributed by atoms with Gasteiger partial charge in [-0.05, 0) is 12.8 Å². The highest BCUT2D eigenvalue weighted by atomic mass is 16.5. The Balaban J connectivity index is 2.36. The van der Waals surface area contributed by atoms with E-state index in [-0.39, 0.29) is 11.8 Å². The number of rotatable bonds is 1. The molecule has 0 unspecified atom stereocenters. The van der Waals surface area contributed by atoms with Crippen molar-refractivity contribution in [1.82, 2.24) is 5.48 Å². The highest BCUT2D eigenvalue weighted by molar-refractivity contribution is 5.77. The Labute approximate surface area is 79.5 Å². The number of hydrogen-bond acceptors (Lipinski definition) is 2. The first-order valence-electron chi connectivity index (χ1n) is 5.28. The van der Waals surface area contributed by atoms with Gasteiger partial charge in [-0.2, -0.15) is 0 Å². The van der Waals surface area contributed by atoms with Gasteiger partial charge in [-0.15, -0.1) is 0 Å². The Kier molecular flexibility index (Phi) is 4.83. The van der Waals surface area contributed by atoms with Crippen molar-refractivity contribution in [3.05, 3.63) is 0 Å². The normalized spacial score (nSPS) is 21.3. The summed E-state index contributed by atoms with van der Waals surface area (Å²) in [5, 5.41) is 8.52. The fraction of sp³-hybridized carbons (Fsp3) is 0.900. The van der Waals surface area contributed by atoms with E-state index in [1.807, 2.05) is 0 Å². The van der Waals surface area contributed by atoms with Gasteiger partial charge in [0.15, 0.2) is 0 Å². The summed E-state index contributed by atoms with van der Waals surface area (Å²) < 4.78 is 0. The minimum absolute atomic E-state index is 0.0445. The lowest BCUT2D eigenvalue weighted by molar-refractivity contribution is -0.133. The monoisotopic (exact) mass is 185 g/mol. The number of carbonyl (C=O) groups is 1. The van der Waals surface area contributed by atoms with Crippen LogP contribution in [0.25, 0.3) is 0 Å². The van der Waals surface area contributed by atoms with Gasteiger partial charge in [-0.25, -0.2) is 5.48 Å². The molecule has 1 aliphatic rings. The highest BCUT2D eigenvalue weighted by Gasteiger charge is 2.17. The molecule has 0 saturated heterocycles. The molecule has 1 aliphatic carbocycles. The molecule has 1 saturated carbocycles. The Hall–Kier alpha value is -0.570.